The SMILES string of the molecule is CCC(C)c1cnc2ccc3ncccc3c2c1. The van der Waals surface area contributed by atoms with E-state index in [-0.39, 0.29) is 0 Å². The Hall–Kier alpha value is -1.96. The summed E-state index contributed by atoms with van der Waals surface area (Å²) in [5.74, 6) is 0.550. The average Bonchev–Trinajstić information content (AvgIpc) is 2.45. The minimum Gasteiger partial charge on any atom is -0.256 e. The topological polar surface area (TPSA) is 25.8 Å². The molecule has 0 saturated carbocycles. The van der Waals surface area contributed by atoms with Crippen LogP contribution in [0.4, 0.5) is 0 Å². The van der Waals surface area contributed by atoms with Gasteiger partial charge in [0, 0.05) is 23.2 Å². The van der Waals surface area contributed by atoms with Crippen LogP contribution in [0.15, 0.2) is 42.7 Å². The molecule has 90 valence electrons. The Bertz CT molecular complexity index is 704. The summed E-state index contributed by atoms with van der Waals surface area (Å²) < 4.78 is 0. The van der Waals surface area contributed by atoms with Gasteiger partial charge in [0.15, 0.2) is 0 Å². The predicted molar refractivity (Wildman–Crippen MR) is 75.8 cm³/mol. The molecule has 0 aliphatic heterocycles. The molecule has 0 bridgehead atoms. The lowest BCUT2D eigenvalue weighted by molar-refractivity contribution is 0.731. The van der Waals surface area contributed by atoms with Gasteiger partial charge < -0.3 is 0 Å². The number of hydrogen-bond donors (Lipinski definition) is 0. The van der Waals surface area contributed by atoms with Crippen LogP contribution >= 0.6 is 0 Å². The molecule has 0 amide bonds. The number of nitrogens with zero attached hydrogens (tertiary/aromatic N) is 2. The van der Waals surface area contributed by atoms with Crippen molar-refractivity contribution >= 4 is 21.8 Å². The predicted octanol–water partition coefficient (Wildman–Crippen LogP) is 4.30. The minimum atomic E-state index is 0.550. The molecule has 0 aliphatic carbocycles. The molecule has 0 radical (unpaired) electrons. The number of aromatic nitrogens is 2. The van der Waals surface area contributed by atoms with Crippen molar-refractivity contribution in [1.82, 2.24) is 9.97 Å². The van der Waals surface area contributed by atoms with Crippen molar-refractivity contribution in [2.75, 3.05) is 0 Å². The Morgan fingerprint density at radius 2 is 1.83 bits per heavy atom. The highest BCUT2D eigenvalue weighted by Crippen LogP contribution is 2.26. The molecular formula is C16H16N2. The van der Waals surface area contributed by atoms with E-state index in [1.54, 1.807) is 0 Å². The summed E-state index contributed by atoms with van der Waals surface area (Å²) in [6.07, 6.45) is 4.97. The van der Waals surface area contributed by atoms with Crippen LogP contribution in [0.5, 0.6) is 0 Å². The number of hydrogen-bond acceptors (Lipinski definition) is 2. The lowest BCUT2D eigenvalue weighted by Gasteiger charge is -2.10. The fourth-order valence-corrected chi connectivity index (χ4v) is 2.28. The summed E-state index contributed by atoms with van der Waals surface area (Å²) in [6, 6.07) is 10.4. The van der Waals surface area contributed by atoms with Crippen LogP contribution in [0.25, 0.3) is 21.8 Å². The van der Waals surface area contributed by atoms with Gasteiger partial charge in [0.2, 0.25) is 0 Å². The van der Waals surface area contributed by atoms with Crippen LogP contribution in [0.3, 0.4) is 0 Å². The molecule has 2 heteroatoms. The largest absolute Gasteiger partial charge is 0.256 e. The summed E-state index contributed by atoms with van der Waals surface area (Å²) >= 11 is 0. The van der Waals surface area contributed by atoms with E-state index in [1.165, 1.54) is 16.3 Å². The second-order valence-corrected chi connectivity index (χ2v) is 4.78. The van der Waals surface area contributed by atoms with Gasteiger partial charge in [-0.15, -0.1) is 0 Å². The quantitative estimate of drug-likeness (QED) is 0.620. The van der Waals surface area contributed by atoms with Crippen molar-refractivity contribution in [3.63, 3.8) is 0 Å². The van der Waals surface area contributed by atoms with Crippen LogP contribution in [0.1, 0.15) is 31.7 Å². The van der Waals surface area contributed by atoms with Gasteiger partial charge in [-0.3, -0.25) is 9.97 Å². The molecule has 2 aromatic heterocycles. The average molecular weight is 236 g/mol. The van der Waals surface area contributed by atoms with Crippen molar-refractivity contribution in [3.8, 4) is 0 Å². The molecule has 18 heavy (non-hydrogen) atoms. The molecule has 1 atom stereocenters. The van der Waals surface area contributed by atoms with Gasteiger partial charge in [-0.2, -0.15) is 0 Å². The lowest BCUT2D eigenvalue weighted by Crippen LogP contribution is -1.93. The van der Waals surface area contributed by atoms with Gasteiger partial charge in [-0.05, 0) is 42.2 Å². The fraction of sp³-hybridized carbons (Fsp3) is 0.250. The van der Waals surface area contributed by atoms with Crippen molar-refractivity contribution in [3.05, 3.63) is 48.3 Å². The van der Waals surface area contributed by atoms with Crippen molar-refractivity contribution in [2.45, 2.75) is 26.2 Å². The number of rotatable bonds is 2. The molecule has 3 rings (SSSR count). The number of benzene rings is 1. The van der Waals surface area contributed by atoms with Crippen LogP contribution in [0.2, 0.25) is 0 Å². The lowest BCUT2D eigenvalue weighted by atomic mass is 9.98. The number of fused-ring (bicyclic) bond motifs is 3. The minimum absolute atomic E-state index is 0.550. The van der Waals surface area contributed by atoms with E-state index < -0.39 is 0 Å². The van der Waals surface area contributed by atoms with E-state index in [4.69, 9.17) is 0 Å². The molecule has 2 heterocycles. The maximum Gasteiger partial charge on any atom is 0.0709 e. The van der Waals surface area contributed by atoms with E-state index in [9.17, 15) is 0 Å². The second-order valence-electron chi connectivity index (χ2n) is 4.78. The fourth-order valence-electron chi connectivity index (χ4n) is 2.28. The third kappa shape index (κ3) is 1.74. The Labute approximate surface area is 107 Å². The number of pyridine rings is 2. The van der Waals surface area contributed by atoms with Gasteiger partial charge in [-0.1, -0.05) is 19.9 Å². The standard InChI is InChI=1S/C16H16N2/c1-3-11(2)12-9-14-13-5-4-8-17-15(13)6-7-16(14)18-10-12/h4-11H,3H2,1-2H3. The zero-order chi connectivity index (χ0) is 12.5. The zero-order valence-electron chi connectivity index (χ0n) is 10.7. The molecule has 0 fully saturated rings. The van der Waals surface area contributed by atoms with Crippen molar-refractivity contribution < 1.29 is 0 Å². The third-order valence-corrected chi connectivity index (χ3v) is 3.65. The first-order valence-corrected chi connectivity index (χ1v) is 6.43. The Balaban J connectivity index is 2.33. The first kappa shape index (κ1) is 11.1. The Kier molecular flexibility index (Phi) is 2.71. The molecule has 0 saturated heterocycles. The van der Waals surface area contributed by atoms with E-state index in [2.05, 4.69) is 35.9 Å². The van der Waals surface area contributed by atoms with E-state index in [1.807, 2.05) is 30.6 Å². The first-order valence-electron chi connectivity index (χ1n) is 6.43. The van der Waals surface area contributed by atoms with E-state index in [0.29, 0.717) is 5.92 Å². The van der Waals surface area contributed by atoms with Crippen LogP contribution < -0.4 is 0 Å². The summed E-state index contributed by atoms with van der Waals surface area (Å²) in [5, 5.41) is 2.39. The van der Waals surface area contributed by atoms with Crippen LogP contribution in [-0.4, -0.2) is 9.97 Å². The Morgan fingerprint density at radius 1 is 1.06 bits per heavy atom. The van der Waals surface area contributed by atoms with Gasteiger partial charge >= 0.3 is 0 Å². The molecule has 1 unspecified atom stereocenters. The van der Waals surface area contributed by atoms with Crippen molar-refractivity contribution in [2.24, 2.45) is 0 Å². The highest BCUT2D eigenvalue weighted by Gasteiger charge is 2.07. The van der Waals surface area contributed by atoms with Gasteiger partial charge in [0.25, 0.3) is 0 Å². The molecule has 2 nitrogen and oxygen atoms in total. The summed E-state index contributed by atoms with van der Waals surface area (Å²) in [4.78, 5) is 8.97. The maximum atomic E-state index is 4.57. The Morgan fingerprint density at radius 3 is 2.61 bits per heavy atom. The molecule has 3 aromatic rings. The summed E-state index contributed by atoms with van der Waals surface area (Å²) in [7, 11) is 0. The highest BCUT2D eigenvalue weighted by molar-refractivity contribution is 6.04. The first-order chi connectivity index (χ1) is 8.79. The summed E-state index contributed by atoms with van der Waals surface area (Å²) in [6.45, 7) is 4.45. The maximum absolute atomic E-state index is 4.57. The second kappa shape index (κ2) is 4.37. The normalized spacial score (nSPS) is 13.0. The van der Waals surface area contributed by atoms with Crippen molar-refractivity contribution in [1.29, 1.82) is 0 Å². The monoisotopic (exact) mass is 236 g/mol. The van der Waals surface area contributed by atoms with Gasteiger partial charge in [0.1, 0.15) is 0 Å². The molecule has 1 aromatic carbocycles. The highest BCUT2D eigenvalue weighted by atomic mass is 14.7. The zero-order valence-corrected chi connectivity index (χ0v) is 10.7. The van der Waals surface area contributed by atoms with E-state index in [0.717, 1.165) is 17.5 Å². The summed E-state index contributed by atoms with van der Waals surface area (Å²) in [5.41, 5.74) is 3.39. The van der Waals surface area contributed by atoms with Crippen LogP contribution in [-0.2, 0) is 0 Å². The van der Waals surface area contributed by atoms with E-state index >= 15 is 0 Å². The molecule has 0 N–H and O–H groups in total. The van der Waals surface area contributed by atoms with Gasteiger partial charge in [-0.25, -0.2) is 0 Å². The third-order valence-electron chi connectivity index (χ3n) is 3.65. The molecular weight excluding hydrogens is 220 g/mol. The van der Waals surface area contributed by atoms with Gasteiger partial charge in [0.05, 0.1) is 11.0 Å². The van der Waals surface area contributed by atoms with Crippen LogP contribution in [0, 0.1) is 0 Å². The smallest absolute Gasteiger partial charge is 0.0709 e. The molecule has 0 spiro atoms. The molecule has 0 aliphatic rings.